The Kier molecular flexibility index (Phi) is 3.64. The van der Waals surface area contributed by atoms with Crippen molar-refractivity contribution < 1.29 is 9.53 Å². The summed E-state index contributed by atoms with van der Waals surface area (Å²) in [6, 6.07) is 11.5. The van der Waals surface area contributed by atoms with Gasteiger partial charge in [-0.15, -0.1) is 0 Å². The molecule has 0 fully saturated rings. The number of carbonyl (C=O) groups is 1. The van der Waals surface area contributed by atoms with E-state index in [9.17, 15) is 4.79 Å². The van der Waals surface area contributed by atoms with Crippen molar-refractivity contribution in [3.63, 3.8) is 0 Å². The molecule has 0 atom stereocenters. The first kappa shape index (κ1) is 14.5. The van der Waals surface area contributed by atoms with Crippen molar-refractivity contribution in [3.8, 4) is 11.9 Å². The van der Waals surface area contributed by atoms with Gasteiger partial charge < -0.3 is 9.30 Å². The van der Waals surface area contributed by atoms with Gasteiger partial charge in [-0.05, 0) is 12.1 Å². The van der Waals surface area contributed by atoms with Gasteiger partial charge in [-0.3, -0.25) is 4.79 Å². The molecule has 5 heteroatoms. The third kappa shape index (κ3) is 2.21. The summed E-state index contributed by atoms with van der Waals surface area (Å²) in [6.45, 7) is 1.29. The van der Waals surface area contributed by atoms with Gasteiger partial charge in [0.05, 0.1) is 11.0 Å². The number of hydrogen-bond acceptors (Lipinski definition) is 4. The third-order valence-corrected chi connectivity index (χ3v) is 3.21. The molecule has 0 unspecified atom stereocenters. The second-order valence-electron chi connectivity index (χ2n) is 4.49. The van der Waals surface area contributed by atoms with E-state index >= 15 is 0 Å². The fraction of sp³-hybridized carbons (Fsp3) is 0.188. The maximum absolute atomic E-state index is 11.1. The van der Waals surface area contributed by atoms with E-state index in [0.717, 1.165) is 21.9 Å². The lowest BCUT2D eigenvalue weighted by Gasteiger charge is -2.03. The number of rotatable bonds is 1. The molecule has 0 aliphatic rings. The zero-order valence-electron chi connectivity index (χ0n) is 11.0. The molecule has 0 aliphatic carbocycles. The number of ether oxygens (including phenoxy) is 1. The number of hydrogen-bond donors (Lipinski definition) is 0. The summed E-state index contributed by atoms with van der Waals surface area (Å²) in [5, 5.41) is 10.1. The van der Waals surface area contributed by atoms with Crippen LogP contribution in [0.25, 0.3) is 21.9 Å². The molecular formula is C16H15N3O2. The molecule has 0 radical (unpaired) electrons. The van der Waals surface area contributed by atoms with Crippen LogP contribution >= 0.6 is 0 Å². The number of aryl methyl sites for hydroxylation is 1. The molecule has 0 bridgehead atoms. The quantitative estimate of drug-likeness (QED) is 0.642. The molecule has 3 rings (SSSR count). The Labute approximate surface area is 122 Å². The minimum absolute atomic E-state index is 0. The number of fused-ring (bicyclic) bond motifs is 3. The van der Waals surface area contributed by atoms with Crippen LogP contribution in [-0.2, 0) is 11.8 Å². The minimum atomic E-state index is -0.492. The molecule has 0 N–H and O–H groups in total. The molecule has 3 aromatic rings. The summed E-state index contributed by atoms with van der Waals surface area (Å²) in [6.07, 6.45) is 0. The van der Waals surface area contributed by atoms with E-state index in [4.69, 9.17) is 10.00 Å². The number of nitriles is 1. The maximum atomic E-state index is 11.1. The Morgan fingerprint density at radius 2 is 2.05 bits per heavy atom. The lowest BCUT2D eigenvalue weighted by molar-refractivity contribution is -0.132. The molecule has 0 aliphatic heterocycles. The summed E-state index contributed by atoms with van der Waals surface area (Å²) in [4.78, 5) is 15.5. The summed E-state index contributed by atoms with van der Waals surface area (Å²) in [5.41, 5.74) is 2.81. The predicted octanol–water partition coefficient (Wildman–Crippen LogP) is 3.16. The van der Waals surface area contributed by atoms with Gasteiger partial charge >= 0.3 is 5.97 Å². The van der Waals surface area contributed by atoms with Crippen LogP contribution in [0.1, 0.15) is 19.9 Å². The summed E-state index contributed by atoms with van der Waals surface area (Å²) in [7, 11) is 1.92. The number of esters is 1. The molecule has 2 aromatic heterocycles. The maximum Gasteiger partial charge on any atom is 0.309 e. The number of nitrogens with zero attached hydrogens (tertiary/aromatic N) is 3. The average Bonchev–Trinajstić information content (AvgIpc) is 2.71. The smallest absolute Gasteiger partial charge is 0.309 e. The van der Waals surface area contributed by atoms with Crippen LogP contribution in [-0.4, -0.2) is 15.5 Å². The third-order valence-electron chi connectivity index (χ3n) is 3.21. The van der Waals surface area contributed by atoms with Gasteiger partial charge in [0.25, 0.3) is 0 Å². The van der Waals surface area contributed by atoms with Crippen molar-refractivity contribution in [3.05, 3.63) is 35.9 Å². The van der Waals surface area contributed by atoms with Crippen molar-refractivity contribution in [2.24, 2.45) is 7.05 Å². The van der Waals surface area contributed by atoms with E-state index in [1.807, 2.05) is 41.9 Å². The predicted molar refractivity (Wildman–Crippen MR) is 81.0 cm³/mol. The number of carbonyl (C=O) groups excluding carboxylic acids is 1. The van der Waals surface area contributed by atoms with Gasteiger partial charge in [-0.2, -0.15) is 5.26 Å². The highest BCUT2D eigenvalue weighted by Crippen LogP contribution is 2.30. The van der Waals surface area contributed by atoms with Crippen LogP contribution in [0.2, 0.25) is 0 Å². The van der Waals surface area contributed by atoms with Crippen LogP contribution in [0.5, 0.6) is 5.88 Å². The van der Waals surface area contributed by atoms with E-state index in [1.54, 1.807) is 6.07 Å². The number of aromatic nitrogens is 2. The Morgan fingerprint density at radius 3 is 2.71 bits per heavy atom. The van der Waals surface area contributed by atoms with Crippen molar-refractivity contribution in [1.29, 1.82) is 5.26 Å². The largest absolute Gasteiger partial charge is 0.406 e. The highest BCUT2D eigenvalue weighted by atomic mass is 16.5. The van der Waals surface area contributed by atoms with Crippen molar-refractivity contribution in [2.75, 3.05) is 0 Å². The zero-order valence-corrected chi connectivity index (χ0v) is 11.0. The van der Waals surface area contributed by atoms with Crippen LogP contribution in [0.3, 0.4) is 0 Å². The summed E-state index contributed by atoms with van der Waals surface area (Å²) < 4.78 is 6.99. The van der Waals surface area contributed by atoms with Gasteiger partial charge in [0.2, 0.25) is 5.88 Å². The molecule has 1 aromatic carbocycles. The average molecular weight is 281 g/mol. The number of benzene rings is 1. The van der Waals surface area contributed by atoms with E-state index in [1.165, 1.54) is 6.92 Å². The summed E-state index contributed by atoms with van der Waals surface area (Å²) >= 11 is 0. The molecule has 106 valence electrons. The molecular weight excluding hydrogens is 266 g/mol. The van der Waals surface area contributed by atoms with Gasteiger partial charge in [-0.25, -0.2) is 4.98 Å². The first-order valence-corrected chi connectivity index (χ1v) is 6.08. The molecule has 21 heavy (non-hydrogen) atoms. The van der Waals surface area contributed by atoms with Gasteiger partial charge in [0.1, 0.15) is 17.1 Å². The van der Waals surface area contributed by atoms with Crippen LogP contribution in [0, 0.1) is 11.3 Å². The highest BCUT2D eigenvalue weighted by molar-refractivity contribution is 6.06. The molecule has 2 heterocycles. The topological polar surface area (TPSA) is 67.9 Å². The fourth-order valence-corrected chi connectivity index (χ4v) is 2.33. The lowest BCUT2D eigenvalue weighted by Crippen LogP contribution is -2.05. The van der Waals surface area contributed by atoms with Crippen LogP contribution in [0.15, 0.2) is 30.3 Å². The second-order valence-corrected chi connectivity index (χ2v) is 4.49. The van der Waals surface area contributed by atoms with Crippen molar-refractivity contribution in [1.82, 2.24) is 9.55 Å². The van der Waals surface area contributed by atoms with Gasteiger partial charge in [0, 0.05) is 19.4 Å². The Hall–Kier alpha value is -2.87. The highest BCUT2D eigenvalue weighted by Gasteiger charge is 2.15. The first-order chi connectivity index (χ1) is 9.61. The molecule has 5 nitrogen and oxygen atoms in total. The van der Waals surface area contributed by atoms with E-state index in [2.05, 4.69) is 4.98 Å². The second kappa shape index (κ2) is 5.25. The van der Waals surface area contributed by atoms with Crippen molar-refractivity contribution >= 4 is 27.9 Å². The molecule has 0 saturated heterocycles. The lowest BCUT2D eigenvalue weighted by atomic mass is 10.2. The molecule has 0 amide bonds. The van der Waals surface area contributed by atoms with Gasteiger partial charge in [0.15, 0.2) is 0 Å². The van der Waals surface area contributed by atoms with E-state index in [-0.39, 0.29) is 18.9 Å². The van der Waals surface area contributed by atoms with Crippen LogP contribution in [0.4, 0.5) is 0 Å². The Balaban J connectivity index is 0.00000161. The Morgan fingerprint density at radius 1 is 1.33 bits per heavy atom. The number of pyridine rings is 1. The fourth-order valence-electron chi connectivity index (χ4n) is 2.33. The Bertz CT molecular complexity index is 888. The van der Waals surface area contributed by atoms with Crippen molar-refractivity contribution in [2.45, 2.75) is 14.4 Å². The molecule has 0 spiro atoms. The standard InChI is InChI=1S/C15H11N3O2.CH4/c1-9(19)20-15-10(8-16)7-13-14(17-15)11-5-3-4-6-12(11)18(13)2;/h3-7H,1-2H3;1H4. The minimum Gasteiger partial charge on any atom is -0.406 e. The zero-order chi connectivity index (χ0) is 14.3. The first-order valence-electron chi connectivity index (χ1n) is 6.08. The monoisotopic (exact) mass is 281 g/mol. The SMILES string of the molecule is C.CC(=O)Oc1nc2c3ccccc3n(C)c2cc1C#N. The molecule has 0 saturated carbocycles. The van der Waals surface area contributed by atoms with Gasteiger partial charge in [-0.1, -0.05) is 25.6 Å². The van der Waals surface area contributed by atoms with E-state index < -0.39 is 5.97 Å². The normalized spacial score (nSPS) is 10.1. The summed E-state index contributed by atoms with van der Waals surface area (Å²) in [5.74, 6) is -0.433. The van der Waals surface area contributed by atoms with Crippen LogP contribution < -0.4 is 4.74 Å². The van der Waals surface area contributed by atoms with E-state index in [0.29, 0.717) is 0 Å². The number of para-hydroxylation sites is 1.